The Morgan fingerprint density at radius 2 is 1.81 bits per heavy atom. The number of fused-ring (bicyclic) bond motifs is 2. The lowest BCUT2D eigenvalue weighted by Crippen LogP contribution is -2.44. The number of thiazole rings is 1. The molecule has 4 heteroatoms. The van der Waals surface area contributed by atoms with Gasteiger partial charge in [0.2, 0.25) is 0 Å². The molecule has 2 aliphatic rings. The van der Waals surface area contributed by atoms with Gasteiger partial charge >= 0.3 is 0 Å². The van der Waals surface area contributed by atoms with Gasteiger partial charge in [-0.1, -0.05) is 54.1 Å². The van der Waals surface area contributed by atoms with Crippen molar-refractivity contribution < 1.29 is 0 Å². The Labute approximate surface area is 169 Å². The summed E-state index contributed by atoms with van der Waals surface area (Å²) < 4.78 is 0. The Morgan fingerprint density at radius 3 is 2.59 bits per heavy atom. The van der Waals surface area contributed by atoms with E-state index in [9.17, 15) is 0 Å². The molecular weight excluding hydrogens is 372 g/mol. The molecule has 2 saturated heterocycles. The van der Waals surface area contributed by atoms with Crippen molar-refractivity contribution in [3.8, 4) is 10.4 Å². The molecule has 0 saturated carbocycles. The van der Waals surface area contributed by atoms with Gasteiger partial charge in [0.1, 0.15) is 0 Å². The van der Waals surface area contributed by atoms with Crippen molar-refractivity contribution in [2.24, 2.45) is 0 Å². The second-order valence-electron chi connectivity index (χ2n) is 7.81. The molecule has 2 nitrogen and oxygen atoms in total. The minimum absolute atomic E-state index is 0.456. The minimum Gasteiger partial charge on any atom is -0.300 e. The first-order valence-corrected chi connectivity index (χ1v) is 10.9. The lowest BCUT2D eigenvalue weighted by molar-refractivity contribution is 0.137. The highest BCUT2D eigenvalue weighted by Crippen LogP contribution is 2.52. The van der Waals surface area contributed by atoms with E-state index >= 15 is 0 Å². The zero-order valence-electron chi connectivity index (χ0n) is 15.4. The van der Waals surface area contributed by atoms with E-state index in [0.717, 1.165) is 5.02 Å². The van der Waals surface area contributed by atoms with E-state index in [1.807, 2.05) is 23.5 Å². The molecule has 5 rings (SSSR count). The van der Waals surface area contributed by atoms with Crippen LogP contribution < -0.4 is 0 Å². The quantitative estimate of drug-likeness (QED) is 0.525. The predicted octanol–water partition coefficient (Wildman–Crippen LogP) is 6.20. The second kappa shape index (κ2) is 7.05. The Bertz CT molecular complexity index is 921. The normalized spacial score (nSPS) is 27.8. The molecule has 2 fully saturated rings. The predicted molar refractivity (Wildman–Crippen MR) is 114 cm³/mol. The number of likely N-dealkylation sites (N-methyl/N-ethyl adjacent to an activating group) is 1. The number of halogens is 1. The van der Waals surface area contributed by atoms with Crippen LogP contribution in [0.1, 0.15) is 41.7 Å². The van der Waals surface area contributed by atoms with E-state index in [0.29, 0.717) is 23.9 Å². The molecule has 27 heavy (non-hydrogen) atoms. The average molecular weight is 395 g/mol. The van der Waals surface area contributed by atoms with Crippen LogP contribution >= 0.6 is 22.9 Å². The Morgan fingerprint density at radius 1 is 1.04 bits per heavy atom. The molecule has 3 heterocycles. The lowest BCUT2D eigenvalue weighted by atomic mass is 9.76. The Hall–Kier alpha value is -1.68. The van der Waals surface area contributed by atoms with Crippen molar-refractivity contribution in [1.82, 2.24) is 9.88 Å². The van der Waals surface area contributed by atoms with Gasteiger partial charge in [0, 0.05) is 29.2 Å². The van der Waals surface area contributed by atoms with Crippen LogP contribution in [-0.4, -0.2) is 29.0 Å². The number of nitrogens with zero attached hydrogens (tertiary/aromatic N) is 2. The van der Waals surface area contributed by atoms with E-state index in [4.69, 9.17) is 16.6 Å². The summed E-state index contributed by atoms with van der Waals surface area (Å²) in [6, 6.07) is 20.4. The summed E-state index contributed by atoms with van der Waals surface area (Å²) in [6.45, 7) is 0. The zero-order chi connectivity index (χ0) is 18.4. The number of benzene rings is 2. The molecule has 2 aromatic carbocycles. The molecule has 2 aliphatic heterocycles. The van der Waals surface area contributed by atoms with Crippen LogP contribution in [-0.2, 0) is 0 Å². The van der Waals surface area contributed by atoms with Gasteiger partial charge in [0.25, 0.3) is 0 Å². The van der Waals surface area contributed by atoms with Gasteiger partial charge in [-0.15, -0.1) is 11.3 Å². The molecule has 4 atom stereocenters. The van der Waals surface area contributed by atoms with Gasteiger partial charge in [0.15, 0.2) is 0 Å². The highest BCUT2D eigenvalue weighted by Gasteiger charge is 2.47. The number of rotatable bonds is 3. The zero-order valence-corrected chi connectivity index (χ0v) is 17.0. The monoisotopic (exact) mass is 394 g/mol. The third-order valence-corrected chi connectivity index (χ3v) is 7.83. The molecule has 0 amide bonds. The summed E-state index contributed by atoms with van der Waals surface area (Å²) in [4.78, 5) is 8.81. The fourth-order valence-electron chi connectivity index (χ4n) is 5.03. The van der Waals surface area contributed by atoms with Crippen molar-refractivity contribution >= 4 is 22.9 Å². The lowest BCUT2D eigenvalue weighted by Gasteiger charge is -2.42. The molecule has 0 radical (unpaired) electrons. The van der Waals surface area contributed by atoms with Crippen molar-refractivity contribution in [2.45, 2.75) is 43.2 Å². The van der Waals surface area contributed by atoms with Crippen molar-refractivity contribution in [3.05, 3.63) is 76.4 Å². The van der Waals surface area contributed by atoms with Crippen LogP contribution in [0.15, 0.2) is 60.8 Å². The maximum atomic E-state index is 6.15. The molecule has 0 spiro atoms. The van der Waals surface area contributed by atoms with Crippen molar-refractivity contribution in [2.75, 3.05) is 7.05 Å². The molecule has 0 N–H and O–H groups in total. The molecule has 1 aromatic heterocycles. The molecular formula is C23H23ClN2S. The Kier molecular flexibility index (Phi) is 4.55. The van der Waals surface area contributed by atoms with Crippen LogP contribution in [0.2, 0.25) is 5.02 Å². The van der Waals surface area contributed by atoms with Gasteiger partial charge in [-0.25, -0.2) is 4.98 Å². The van der Waals surface area contributed by atoms with E-state index in [2.05, 4.69) is 60.6 Å². The van der Waals surface area contributed by atoms with E-state index in [1.54, 1.807) is 0 Å². The third kappa shape index (κ3) is 3.12. The van der Waals surface area contributed by atoms with Gasteiger partial charge in [-0.05, 0) is 55.5 Å². The third-order valence-electron chi connectivity index (χ3n) is 6.43. The van der Waals surface area contributed by atoms with E-state index in [1.165, 1.54) is 40.3 Å². The van der Waals surface area contributed by atoms with Crippen LogP contribution in [0, 0.1) is 0 Å². The summed E-state index contributed by atoms with van der Waals surface area (Å²) in [6.07, 6.45) is 5.85. The van der Waals surface area contributed by atoms with Crippen molar-refractivity contribution in [1.29, 1.82) is 0 Å². The fraction of sp³-hybridized carbons (Fsp3) is 0.348. The topological polar surface area (TPSA) is 16.1 Å². The number of hydrogen-bond donors (Lipinski definition) is 0. The van der Waals surface area contributed by atoms with Crippen LogP contribution in [0.5, 0.6) is 0 Å². The SMILES string of the molecule is CN1C2CCC1C(c1ncc(-c3ccccc3)s1)C(c1ccc(Cl)cc1)C2. The van der Waals surface area contributed by atoms with Crippen LogP contribution in [0.3, 0.4) is 0 Å². The molecule has 138 valence electrons. The highest BCUT2D eigenvalue weighted by atomic mass is 35.5. The molecule has 2 bridgehead atoms. The average Bonchev–Trinajstić information content (AvgIpc) is 3.26. The maximum absolute atomic E-state index is 6.15. The molecule has 3 aromatic rings. The van der Waals surface area contributed by atoms with E-state index in [-0.39, 0.29) is 0 Å². The van der Waals surface area contributed by atoms with Crippen LogP contribution in [0.25, 0.3) is 10.4 Å². The molecule has 4 unspecified atom stereocenters. The van der Waals surface area contributed by atoms with Gasteiger partial charge in [-0.3, -0.25) is 4.90 Å². The van der Waals surface area contributed by atoms with Gasteiger partial charge < -0.3 is 0 Å². The van der Waals surface area contributed by atoms with Gasteiger partial charge in [-0.2, -0.15) is 0 Å². The van der Waals surface area contributed by atoms with Crippen LogP contribution in [0.4, 0.5) is 0 Å². The number of piperidine rings is 1. The van der Waals surface area contributed by atoms with E-state index < -0.39 is 0 Å². The van der Waals surface area contributed by atoms with Crippen molar-refractivity contribution in [3.63, 3.8) is 0 Å². The summed E-state index contributed by atoms with van der Waals surface area (Å²) in [5.41, 5.74) is 2.67. The largest absolute Gasteiger partial charge is 0.300 e. The summed E-state index contributed by atoms with van der Waals surface area (Å²) in [5, 5.41) is 2.10. The highest BCUT2D eigenvalue weighted by molar-refractivity contribution is 7.15. The molecule has 0 aliphatic carbocycles. The standard InChI is InChI=1S/C23H23ClN2S/c1-26-18-11-12-20(26)22(19(13-18)15-7-9-17(24)10-8-15)23-25-14-21(27-23)16-5-3-2-4-6-16/h2-10,14,18-20,22H,11-13H2,1H3. The minimum atomic E-state index is 0.456. The first-order valence-electron chi connectivity index (χ1n) is 9.69. The summed E-state index contributed by atoms with van der Waals surface area (Å²) in [7, 11) is 2.30. The Balaban J connectivity index is 1.54. The first-order chi connectivity index (χ1) is 13.2. The van der Waals surface area contributed by atoms with Gasteiger partial charge in [0.05, 0.1) is 9.88 Å². The maximum Gasteiger partial charge on any atom is 0.0983 e. The summed E-state index contributed by atoms with van der Waals surface area (Å²) in [5.74, 6) is 0.975. The first kappa shape index (κ1) is 17.4. The summed E-state index contributed by atoms with van der Waals surface area (Å²) >= 11 is 8.02. The fourth-order valence-corrected chi connectivity index (χ4v) is 6.31. The number of hydrogen-bond acceptors (Lipinski definition) is 3. The second-order valence-corrected chi connectivity index (χ2v) is 9.31. The number of aromatic nitrogens is 1. The smallest absolute Gasteiger partial charge is 0.0983 e.